The maximum Gasteiger partial charge on any atom is 0.243 e. The van der Waals surface area contributed by atoms with Crippen LogP contribution in [0.25, 0.3) is 0 Å². The lowest BCUT2D eigenvalue weighted by Gasteiger charge is -2.18. The van der Waals surface area contributed by atoms with Crippen molar-refractivity contribution < 1.29 is 13.2 Å². The van der Waals surface area contributed by atoms with E-state index in [0.29, 0.717) is 26.1 Å². The van der Waals surface area contributed by atoms with Gasteiger partial charge >= 0.3 is 0 Å². The van der Waals surface area contributed by atoms with Crippen molar-refractivity contribution in [2.24, 2.45) is 0 Å². The first-order valence-electron chi connectivity index (χ1n) is 6.54. The largest absolute Gasteiger partial charge is 0.355 e. The van der Waals surface area contributed by atoms with Crippen LogP contribution < -0.4 is 10.6 Å². The molecule has 1 saturated heterocycles. The zero-order valence-corrected chi connectivity index (χ0v) is 12.2. The van der Waals surface area contributed by atoms with Crippen LogP contribution in [0, 0.1) is 0 Å². The Morgan fingerprint density at radius 1 is 1.30 bits per heavy atom. The van der Waals surface area contributed by atoms with E-state index in [2.05, 4.69) is 10.6 Å². The lowest BCUT2D eigenvalue weighted by molar-refractivity contribution is -0.120. The number of hydrogen-bond acceptors (Lipinski definition) is 4. The molecule has 7 heteroatoms. The van der Waals surface area contributed by atoms with Crippen molar-refractivity contribution in [3.63, 3.8) is 0 Å². The Bertz CT molecular complexity index is 569. The molecule has 0 unspecified atom stereocenters. The van der Waals surface area contributed by atoms with Gasteiger partial charge in [0.1, 0.15) is 0 Å². The smallest absolute Gasteiger partial charge is 0.243 e. The SMILES string of the molecule is CNCc1ccc(S(=O)(=O)N2CCCNC(=O)C2)cc1. The molecule has 1 aliphatic heterocycles. The fourth-order valence-electron chi connectivity index (χ4n) is 2.12. The van der Waals surface area contributed by atoms with Crippen molar-refractivity contribution in [2.45, 2.75) is 17.9 Å². The molecular weight excluding hydrogens is 278 g/mol. The summed E-state index contributed by atoms with van der Waals surface area (Å²) in [6.45, 7) is 1.46. The highest BCUT2D eigenvalue weighted by Crippen LogP contribution is 2.17. The molecule has 0 aromatic heterocycles. The second-order valence-corrected chi connectivity index (χ2v) is 6.65. The van der Waals surface area contributed by atoms with E-state index in [1.807, 2.05) is 7.05 Å². The monoisotopic (exact) mass is 297 g/mol. The predicted molar refractivity (Wildman–Crippen MR) is 75.6 cm³/mol. The van der Waals surface area contributed by atoms with E-state index in [1.165, 1.54) is 4.31 Å². The number of rotatable bonds is 4. The number of hydrogen-bond donors (Lipinski definition) is 2. The number of nitrogens with one attached hydrogen (secondary N) is 2. The summed E-state index contributed by atoms with van der Waals surface area (Å²) in [5.74, 6) is -0.252. The molecule has 1 aromatic rings. The number of carbonyl (C=O) groups excluding carboxylic acids is 1. The lowest BCUT2D eigenvalue weighted by Crippen LogP contribution is -2.37. The second kappa shape index (κ2) is 6.34. The Hall–Kier alpha value is -1.44. The van der Waals surface area contributed by atoms with E-state index in [4.69, 9.17) is 0 Å². The third kappa shape index (κ3) is 3.36. The second-order valence-electron chi connectivity index (χ2n) is 4.72. The Kier molecular flexibility index (Phi) is 4.74. The van der Waals surface area contributed by atoms with Crippen LogP contribution in [-0.4, -0.2) is 45.3 Å². The first-order valence-corrected chi connectivity index (χ1v) is 7.98. The van der Waals surface area contributed by atoms with Crippen molar-refractivity contribution >= 4 is 15.9 Å². The van der Waals surface area contributed by atoms with Gasteiger partial charge in [0.15, 0.2) is 0 Å². The molecule has 0 spiro atoms. The van der Waals surface area contributed by atoms with Gasteiger partial charge in [0.2, 0.25) is 15.9 Å². The van der Waals surface area contributed by atoms with E-state index in [1.54, 1.807) is 24.3 Å². The molecule has 0 atom stereocenters. The highest BCUT2D eigenvalue weighted by molar-refractivity contribution is 7.89. The number of sulfonamides is 1. The van der Waals surface area contributed by atoms with Crippen molar-refractivity contribution in [1.29, 1.82) is 0 Å². The minimum atomic E-state index is -3.60. The highest BCUT2D eigenvalue weighted by Gasteiger charge is 2.27. The molecule has 1 amide bonds. The summed E-state index contributed by atoms with van der Waals surface area (Å²) in [6.07, 6.45) is 0.628. The minimum Gasteiger partial charge on any atom is -0.355 e. The summed E-state index contributed by atoms with van der Waals surface area (Å²) in [6, 6.07) is 6.73. The average molecular weight is 297 g/mol. The maximum atomic E-state index is 12.5. The van der Waals surface area contributed by atoms with E-state index in [-0.39, 0.29) is 17.3 Å². The standard InChI is InChI=1S/C13H19N3O3S/c1-14-9-11-3-5-12(6-4-11)20(18,19)16-8-2-7-15-13(17)10-16/h3-6,14H,2,7-10H2,1H3,(H,15,17). The summed E-state index contributed by atoms with van der Waals surface area (Å²) in [7, 11) is -1.76. The molecule has 1 aliphatic rings. The van der Waals surface area contributed by atoms with Gasteiger partial charge in [-0.25, -0.2) is 8.42 Å². The average Bonchev–Trinajstić information content (AvgIpc) is 2.65. The Labute approximate surface area is 119 Å². The Morgan fingerprint density at radius 2 is 2.00 bits per heavy atom. The molecule has 6 nitrogen and oxygen atoms in total. The summed E-state index contributed by atoms with van der Waals surface area (Å²) >= 11 is 0. The van der Waals surface area contributed by atoms with Crippen LogP contribution in [0.5, 0.6) is 0 Å². The fourth-order valence-corrected chi connectivity index (χ4v) is 3.55. The Balaban J connectivity index is 2.22. The molecule has 20 heavy (non-hydrogen) atoms. The first kappa shape index (κ1) is 15.0. The van der Waals surface area contributed by atoms with Gasteiger partial charge in [0.25, 0.3) is 0 Å². The number of nitrogens with zero attached hydrogens (tertiary/aromatic N) is 1. The Morgan fingerprint density at radius 3 is 2.65 bits per heavy atom. The van der Waals surface area contributed by atoms with E-state index in [9.17, 15) is 13.2 Å². The van der Waals surface area contributed by atoms with Crippen LogP contribution >= 0.6 is 0 Å². The van der Waals surface area contributed by atoms with Crippen LogP contribution in [0.15, 0.2) is 29.2 Å². The molecule has 1 heterocycles. The number of benzene rings is 1. The molecule has 1 aromatic carbocycles. The lowest BCUT2D eigenvalue weighted by atomic mass is 10.2. The molecule has 110 valence electrons. The van der Waals surface area contributed by atoms with Crippen LogP contribution in [0.1, 0.15) is 12.0 Å². The molecular formula is C13H19N3O3S. The summed E-state index contributed by atoms with van der Waals surface area (Å²) < 4.78 is 26.2. The minimum absolute atomic E-state index is 0.111. The highest BCUT2D eigenvalue weighted by atomic mass is 32.2. The third-order valence-electron chi connectivity index (χ3n) is 3.17. The molecule has 0 aliphatic carbocycles. The molecule has 0 radical (unpaired) electrons. The molecule has 0 saturated carbocycles. The van der Waals surface area contributed by atoms with E-state index >= 15 is 0 Å². The van der Waals surface area contributed by atoms with Gasteiger partial charge in [-0.1, -0.05) is 12.1 Å². The molecule has 2 rings (SSSR count). The summed E-state index contributed by atoms with van der Waals surface area (Å²) in [5, 5.41) is 5.68. The maximum absolute atomic E-state index is 12.5. The number of amides is 1. The predicted octanol–water partition coefficient (Wildman–Crippen LogP) is -0.0834. The fraction of sp³-hybridized carbons (Fsp3) is 0.462. The normalized spacial score (nSPS) is 17.6. The molecule has 1 fully saturated rings. The summed E-state index contributed by atoms with van der Waals surface area (Å²) in [4.78, 5) is 11.7. The van der Waals surface area contributed by atoms with Gasteiger partial charge in [0.05, 0.1) is 11.4 Å². The zero-order valence-electron chi connectivity index (χ0n) is 11.4. The third-order valence-corrected chi connectivity index (χ3v) is 5.03. The van der Waals surface area contributed by atoms with Crippen LogP contribution in [-0.2, 0) is 21.4 Å². The van der Waals surface area contributed by atoms with Crippen LogP contribution in [0.2, 0.25) is 0 Å². The van der Waals surface area contributed by atoms with E-state index < -0.39 is 10.0 Å². The first-order chi connectivity index (χ1) is 9.54. The van der Waals surface area contributed by atoms with Gasteiger partial charge in [-0.2, -0.15) is 4.31 Å². The van der Waals surface area contributed by atoms with Crippen molar-refractivity contribution in [3.8, 4) is 0 Å². The summed E-state index contributed by atoms with van der Waals surface area (Å²) in [5.41, 5.74) is 1.01. The van der Waals surface area contributed by atoms with Gasteiger partial charge in [-0.05, 0) is 31.2 Å². The quantitative estimate of drug-likeness (QED) is 0.814. The molecule has 0 bridgehead atoms. The van der Waals surface area contributed by atoms with Gasteiger partial charge in [-0.3, -0.25) is 4.79 Å². The van der Waals surface area contributed by atoms with Gasteiger partial charge in [0, 0.05) is 19.6 Å². The van der Waals surface area contributed by atoms with E-state index in [0.717, 1.165) is 5.56 Å². The van der Waals surface area contributed by atoms with Crippen molar-refractivity contribution in [3.05, 3.63) is 29.8 Å². The van der Waals surface area contributed by atoms with Crippen LogP contribution in [0.3, 0.4) is 0 Å². The zero-order chi connectivity index (χ0) is 14.6. The van der Waals surface area contributed by atoms with Crippen molar-refractivity contribution in [1.82, 2.24) is 14.9 Å². The molecule has 2 N–H and O–H groups in total. The van der Waals surface area contributed by atoms with Gasteiger partial charge in [-0.15, -0.1) is 0 Å². The van der Waals surface area contributed by atoms with Crippen LogP contribution in [0.4, 0.5) is 0 Å². The van der Waals surface area contributed by atoms with Gasteiger partial charge < -0.3 is 10.6 Å². The number of carbonyl (C=O) groups is 1. The topological polar surface area (TPSA) is 78.5 Å². The van der Waals surface area contributed by atoms with Crippen molar-refractivity contribution in [2.75, 3.05) is 26.7 Å².